The maximum Gasteiger partial charge on any atom is 0.315 e. The van der Waals surface area contributed by atoms with Crippen LogP contribution in [0.1, 0.15) is 29.8 Å². The van der Waals surface area contributed by atoms with Gasteiger partial charge in [0, 0.05) is 4.88 Å². The van der Waals surface area contributed by atoms with Gasteiger partial charge in [-0.15, -0.1) is 11.3 Å². The van der Waals surface area contributed by atoms with Crippen LogP contribution in [0.4, 0.5) is 5.13 Å². The summed E-state index contributed by atoms with van der Waals surface area (Å²) in [6.45, 7) is 2.37. The molecule has 1 aromatic heterocycles. The van der Waals surface area contributed by atoms with E-state index in [0.29, 0.717) is 11.7 Å². The molecule has 1 aliphatic carbocycles. The smallest absolute Gasteiger partial charge is 0.315 e. The number of thiazole rings is 1. The molecule has 0 bridgehead atoms. The van der Waals surface area contributed by atoms with Crippen molar-refractivity contribution in [3.63, 3.8) is 0 Å². The van der Waals surface area contributed by atoms with Crippen molar-refractivity contribution in [1.29, 1.82) is 10.5 Å². The zero-order valence-corrected chi connectivity index (χ0v) is 11.9. The second-order valence-corrected chi connectivity index (χ2v) is 5.38. The van der Waals surface area contributed by atoms with Gasteiger partial charge < -0.3 is 9.64 Å². The number of rotatable bonds is 5. The molecule has 0 fully saturated rings. The van der Waals surface area contributed by atoms with Crippen molar-refractivity contribution in [1.82, 2.24) is 4.98 Å². The van der Waals surface area contributed by atoms with Crippen LogP contribution in [0.25, 0.3) is 0 Å². The standard InChI is InChI=1S/C13H14N4O2S/c1-2-19-12(18)9-3-4-10-11(9)16-13(20-10)17(7-5-14)8-6-15/h9H,2-4,7-8H2,1H3. The first-order valence-electron chi connectivity index (χ1n) is 6.36. The number of nitrogens with zero attached hydrogens (tertiary/aromatic N) is 4. The predicted molar refractivity (Wildman–Crippen MR) is 73.2 cm³/mol. The van der Waals surface area contributed by atoms with Crippen molar-refractivity contribution in [3.05, 3.63) is 10.6 Å². The molecule has 0 aromatic carbocycles. The number of hydrogen-bond donors (Lipinski definition) is 0. The van der Waals surface area contributed by atoms with Crippen LogP contribution in [-0.4, -0.2) is 30.6 Å². The van der Waals surface area contributed by atoms with Crippen LogP contribution in [0.3, 0.4) is 0 Å². The van der Waals surface area contributed by atoms with Crippen LogP contribution >= 0.6 is 11.3 Å². The maximum absolute atomic E-state index is 11.9. The van der Waals surface area contributed by atoms with Crippen LogP contribution in [-0.2, 0) is 16.0 Å². The van der Waals surface area contributed by atoms with Crippen molar-refractivity contribution in [2.24, 2.45) is 0 Å². The molecule has 0 saturated carbocycles. The van der Waals surface area contributed by atoms with Gasteiger partial charge in [-0.3, -0.25) is 4.79 Å². The average Bonchev–Trinajstić information content (AvgIpc) is 2.98. The Morgan fingerprint density at radius 1 is 1.50 bits per heavy atom. The van der Waals surface area contributed by atoms with E-state index in [1.54, 1.807) is 11.8 Å². The highest BCUT2D eigenvalue weighted by Crippen LogP contribution is 2.39. The number of carbonyl (C=O) groups is 1. The van der Waals surface area contributed by atoms with Crippen molar-refractivity contribution in [2.75, 3.05) is 24.6 Å². The number of ether oxygens (including phenoxy) is 1. The van der Waals surface area contributed by atoms with Crippen LogP contribution in [0.15, 0.2) is 0 Å². The molecule has 7 heteroatoms. The first-order valence-corrected chi connectivity index (χ1v) is 7.18. The van der Waals surface area contributed by atoms with Crippen LogP contribution in [0, 0.1) is 22.7 Å². The van der Waals surface area contributed by atoms with Gasteiger partial charge in [-0.25, -0.2) is 4.98 Å². The van der Waals surface area contributed by atoms with E-state index in [1.807, 2.05) is 12.1 Å². The van der Waals surface area contributed by atoms with Gasteiger partial charge in [0.15, 0.2) is 5.13 Å². The lowest BCUT2D eigenvalue weighted by atomic mass is 10.1. The van der Waals surface area contributed by atoms with Gasteiger partial charge >= 0.3 is 5.97 Å². The Morgan fingerprint density at radius 2 is 2.20 bits per heavy atom. The minimum Gasteiger partial charge on any atom is -0.465 e. The Balaban J connectivity index is 2.22. The second kappa shape index (κ2) is 6.36. The van der Waals surface area contributed by atoms with Gasteiger partial charge in [-0.2, -0.15) is 10.5 Å². The molecule has 20 heavy (non-hydrogen) atoms. The highest BCUT2D eigenvalue weighted by atomic mass is 32.1. The molecule has 1 unspecified atom stereocenters. The molecule has 6 nitrogen and oxygen atoms in total. The molecule has 1 atom stereocenters. The highest BCUT2D eigenvalue weighted by Gasteiger charge is 2.34. The highest BCUT2D eigenvalue weighted by molar-refractivity contribution is 7.15. The Hall–Kier alpha value is -2.12. The summed E-state index contributed by atoms with van der Waals surface area (Å²) in [7, 11) is 0. The third-order valence-electron chi connectivity index (χ3n) is 3.07. The van der Waals surface area contributed by atoms with Gasteiger partial charge in [-0.1, -0.05) is 0 Å². The van der Waals surface area contributed by atoms with Crippen LogP contribution in [0.2, 0.25) is 0 Å². The van der Waals surface area contributed by atoms with Crippen molar-refractivity contribution in [2.45, 2.75) is 25.7 Å². The molecular weight excluding hydrogens is 276 g/mol. The summed E-state index contributed by atoms with van der Waals surface area (Å²) in [5, 5.41) is 18.2. The van der Waals surface area contributed by atoms with E-state index >= 15 is 0 Å². The topological polar surface area (TPSA) is 90.0 Å². The summed E-state index contributed by atoms with van der Waals surface area (Å²) < 4.78 is 5.05. The van der Waals surface area contributed by atoms with Crippen LogP contribution < -0.4 is 4.90 Å². The van der Waals surface area contributed by atoms with E-state index in [0.717, 1.165) is 23.4 Å². The average molecular weight is 290 g/mol. The molecule has 0 amide bonds. The summed E-state index contributed by atoms with van der Waals surface area (Å²) in [5.74, 6) is -0.545. The van der Waals surface area contributed by atoms with Gasteiger partial charge in [0.2, 0.25) is 0 Å². The molecule has 0 aliphatic heterocycles. The Labute approximate surface area is 121 Å². The lowest BCUT2D eigenvalue weighted by Crippen LogP contribution is -2.24. The third kappa shape index (κ3) is 2.73. The normalized spacial score (nSPS) is 16.1. The quantitative estimate of drug-likeness (QED) is 0.604. The molecule has 1 aromatic rings. The van der Waals surface area contributed by atoms with Gasteiger partial charge in [-0.05, 0) is 19.8 Å². The van der Waals surface area contributed by atoms with E-state index < -0.39 is 0 Å². The number of aryl methyl sites for hydroxylation is 1. The van der Waals surface area contributed by atoms with Gasteiger partial charge in [0.05, 0.1) is 24.4 Å². The first-order chi connectivity index (χ1) is 9.71. The Morgan fingerprint density at radius 3 is 2.80 bits per heavy atom. The lowest BCUT2D eigenvalue weighted by molar-refractivity contribution is -0.145. The second-order valence-electron chi connectivity index (χ2n) is 4.32. The molecule has 0 N–H and O–H groups in total. The molecule has 0 saturated heterocycles. The van der Waals surface area contributed by atoms with E-state index in [2.05, 4.69) is 4.98 Å². The molecule has 0 spiro atoms. The summed E-state index contributed by atoms with van der Waals surface area (Å²) in [4.78, 5) is 19.0. The van der Waals surface area contributed by atoms with E-state index in [1.165, 1.54) is 11.3 Å². The summed E-state index contributed by atoms with van der Waals surface area (Å²) in [6, 6.07) is 4.04. The van der Waals surface area contributed by atoms with E-state index in [9.17, 15) is 4.79 Å². The van der Waals surface area contributed by atoms with Gasteiger partial charge in [0.25, 0.3) is 0 Å². The third-order valence-corrected chi connectivity index (χ3v) is 4.26. The molecule has 1 aliphatic rings. The molecule has 104 valence electrons. The number of hydrogen-bond acceptors (Lipinski definition) is 7. The zero-order chi connectivity index (χ0) is 14.5. The number of nitriles is 2. The first kappa shape index (κ1) is 14.3. The summed E-state index contributed by atoms with van der Waals surface area (Å²) >= 11 is 1.45. The number of anilines is 1. The molecular formula is C13H14N4O2S. The largest absolute Gasteiger partial charge is 0.465 e. The van der Waals surface area contributed by atoms with Crippen molar-refractivity contribution >= 4 is 22.4 Å². The number of aromatic nitrogens is 1. The van der Waals surface area contributed by atoms with E-state index in [-0.39, 0.29) is 25.0 Å². The minimum atomic E-state index is -0.305. The predicted octanol–water partition coefficient (Wildman–Crippen LogP) is 1.59. The number of fused-ring (bicyclic) bond motifs is 1. The van der Waals surface area contributed by atoms with Crippen molar-refractivity contribution < 1.29 is 9.53 Å². The SMILES string of the molecule is CCOC(=O)C1CCc2sc(N(CC#N)CC#N)nc21. The van der Waals surface area contributed by atoms with Gasteiger partial charge in [0.1, 0.15) is 19.0 Å². The molecule has 1 heterocycles. The Kier molecular flexibility index (Phi) is 4.54. The fraction of sp³-hybridized carbons (Fsp3) is 0.538. The fourth-order valence-electron chi connectivity index (χ4n) is 2.18. The molecule has 0 radical (unpaired) electrons. The summed E-state index contributed by atoms with van der Waals surface area (Å²) in [5.41, 5.74) is 0.754. The van der Waals surface area contributed by atoms with Crippen molar-refractivity contribution in [3.8, 4) is 12.1 Å². The van der Waals surface area contributed by atoms with Crippen LogP contribution in [0.5, 0.6) is 0 Å². The monoisotopic (exact) mass is 290 g/mol. The number of carbonyl (C=O) groups excluding carboxylic acids is 1. The van der Waals surface area contributed by atoms with E-state index in [4.69, 9.17) is 15.3 Å². The fourth-order valence-corrected chi connectivity index (χ4v) is 3.32. The molecule has 2 rings (SSSR count). The maximum atomic E-state index is 11.9. The Bertz CT molecular complexity index is 568. The minimum absolute atomic E-state index is 0.115. The number of esters is 1. The zero-order valence-electron chi connectivity index (χ0n) is 11.1. The summed E-state index contributed by atoms with van der Waals surface area (Å²) in [6.07, 6.45) is 1.52. The lowest BCUT2D eigenvalue weighted by Gasteiger charge is -2.14.